The molecule has 0 saturated carbocycles. The van der Waals surface area contributed by atoms with Crippen LogP contribution in [0.2, 0.25) is 0 Å². The molecule has 1 heterocycles. The molecule has 0 aliphatic heterocycles. The van der Waals surface area contributed by atoms with Gasteiger partial charge in [-0.3, -0.25) is 0 Å². The van der Waals surface area contributed by atoms with Gasteiger partial charge in [-0.05, 0) is 34.4 Å². The van der Waals surface area contributed by atoms with Gasteiger partial charge >= 0.3 is 0 Å². The van der Waals surface area contributed by atoms with E-state index in [1.165, 1.54) is 0 Å². The van der Waals surface area contributed by atoms with Crippen molar-refractivity contribution in [2.75, 3.05) is 0 Å². The van der Waals surface area contributed by atoms with Crippen molar-refractivity contribution in [2.45, 2.75) is 6.04 Å². The fraction of sp³-hybridized carbons (Fsp3) is 0.0714. The lowest BCUT2D eigenvalue weighted by Gasteiger charge is -2.02. The smallest absolute Gasteiger partial charge is 0.143 e. The second-order valence-corrected chi connectivity index (χ2v) is 4.45. The number of imidazole rings is 1. The average molecular weight is 235 g/mol. The van der Waals surface area contributed by atoms with E-state index in [-0.39, 0.29) is 0 Å². The summed E-state index contributed by atoms with van der Waals surface area (Å²) in [5.74, 6) is 0. The van der Waals surface area contributed by atoms with Crippen molar-refractivity contribution in [1.82, 2.24) is 9.97 Å². The molecular weight excluding hydrogens is 226 g/mol. The molecule has 3 aromatic rings. The highest BCUT2D eigenvalue weighted by molar-refractivity contribution is 5.88. The van der Waals surface area contributed by atoms with Gasteiger partial charge in [0, 0.05) is 0 Å². The first-order valence-corrected chi connectivity index (χ1v) is 5.77. The lowest BCUT2D eigenvalue weighted by Crippen LogP contribution is -1.90. The highest BCUT2D eigenvalue weighted by Crippen LogP contribution is 2.46. The minimum absolute atomic E-state index is 0.399. The van der Waals surface area contributed by atoms with E-state index in [9.17, 15) is 4.91 Å². The third kappa shape index (κ3) is 1.07. The Labute approximate surface area is 103 Å². The first kappa shape index (κ1) is 9.53. The summed E-state index contributed by atoms with van der Waals surface area (Å²) < 4.78 is 0. The summed E-state index contributed by atoms with van der Waals surface area (Å²) in [6.45, 7) is 0. The Balaban J connectivity index is 2.12. The molecule has 1 unspecified atom stereocenters. The normalized spacial score (nSPS) is 16.6. The van der Waals surface area contributed by atoms with Gasteiger partial charge in [0.1, 0.15) is 6.04 Å². The third-order valence-corrected chi connectivity index (χ3v) is 3.54. The summed E-state index contributed by atoms with van der Waals surface area (Å²) >= 11 is 0. The molecule has 4 nitrogen and oxygen atoms in total. The van der Waals surface area contributed by atoms with Crippen LogP contribution < -0.4 is 0 Å². The van der Waals surface area contributed by atoms with Crippen LogP contribution >= 0.6 is 0 Å². The zero-order chi connectivity index (χ0) is 12.1. The number of benzene rings is 2. The van der Waals surface area contributed by atoms with E-state index < -0.39 is 6.04 Å². The molecule has 4 rings (SSSR count). The van der Waals surface area contributed by atoms with Crippen molar-refractivity contribution in [2.24, 2.45) is 5.18 Å². The maximum Gasteiger partial charge on any atom is 0.143 e. The zero-order valence-electron chi connectivity index (χ0n) is 9.42. The van der Waals surface area contributed by atoms with Crippen LogP contribution in [0.1, 0.15) is 17.2 Å². The van der Waals surface area contributed by atoms with Crippen LogP contribution in [0.15, 0.2) is 47.9 Å². The Kier molecular flexibility index (Phi) is 1.73. The molecule has 18 heavy (non-hydrogen) atoms. The molecule has 1 aliphatic carbocycles. The second kappa shape index (κ2) is 3.26. The van der Waals surface area contributed by atoms with Gasteiger partial charge in [-0.1, -0.05) is 29.4 Å². The van der Waals surface area contributed by atoms with Gasteiger partial charge in [0.05, 0.1) is 17.4 Å². The lowest BCUT2D eigenvalue weighted by atomic mass is 10.1. The van der Waals surface area contributed by atoms with Gasteiger partial charge in [0.15, 0.2) is 0 Å². The Morgan fingerprint density at radius 2 is 2.00 bits per heavy atom. The van der Waals surface area contributed by atoms with Crippen LogP contribution in [0.25, 0.3) is 22.2 Å². The van der Waals surface area contributed by atoms with Crippen molar-refractivity contribution in [3.63, 3.8) is 0 Å². The number of hydrogen-bond donors (Lipinski definition) is 1. The molecule has 86 valence electrons. The molecule has 0 spiro atoms. The van der Waals surface area contributed by atoms with E-state index in [0.29, 0.717) is 0 Å². The monoisotopic (exact) mass is 235 g/mol. The van der Waals surface area contributed by atoms with Gasteiger partial charge in [-0.25, -0.2) is 4.98 Å². The first-order chi connectivity index (χ1) is 8.88. The summed E-state index contributed by atoms with van der Waals surface area (Å²) in [5.41, 5.74) is 5.94. The van der Waals surface area contributed by atoms with Gasteiger partial charge in [0.25, 0.3) is 0 Å². The van der Waals surface area contributed by atoms with E-state index in [1.807, 2.05) is 36.4 Å². The lowest BCUT2D eigenvalue weighted by molar-refractivity contribution is 0.893. The van der Waals surface area contributed by atoms with E-state index >= 15 is 0 Å². The Morgan fingerprint density at radius 3 is 2.89 bits per heavy atom. The highest BCUT2D eigenvalue weighted by atomic mass is 16.3. The van der Waals surface area contributed by atoms with Crippen LogP contribution in [0.3, 0.4) is 0 Å². The fourth-order valence-corrected chi connectivity index (χ4v) is 2.72. The average Bonchev–Trinajstić information content (AvgIpc) is 2.97. The molecule has 1 atom stereocenters. The van der Waals surface area contributed by atoms with E-state index in [0.717, 1.165) is 33.3 Å². The Hall–Kier alpha value is -2.49. The van der Waals surface area contributed by atoms with Crippen molar-refractivity contribution >= 4 is 11.0 Å². The Morgan fingerprint density at radius 1 is 1.11 bits per heavy atom. The van der Waals surface area contributed by atoms with Gasteiger partial charge in [-0.2, -0.15) is 0 Å². The third-order valence-electron chi connectivity index (χ3n) is 3.54. The van der Waals surface area contributed by atoms with E-state index in [2.05, 4.69) is 15.1 Å². The summed E-state index contributed by atoms with van der Waals surface area (Å²) in [6, 6.07) is 11.5. The predicted molar refractivity (Wildman–Crippen MR) is 69.2 cm³/mol. The van der Waals surface area contributed by atoms with E-state index in [1.54, 1.807) is 6.33 Å². The molecule has 0 amide bonds. The molecule has 1 N–H and O–H groups in total. The number of nitrogens with zero attached hydrogens (tertiary/aromatic N) is 2. The predicted octanol–water partition coefficient (Wildman–Crippen LogP) is 3.40. The number of H-pyrrole nitrogens is 1. The Bertz CT molecular complexity index is 776. The number of rotatable bonds is 1. The number of aromatic amines is 1. The van der Waals surface area contributed by atoms with Crippen molar-refractivity contribution in [3.05, 3.63) is 58.8 Å². The molecule has 0 fully saturated rings. The number of aromatic nitrogens is 2. The van der Waals surface area contributed by atoms with Gasteiger partial charge in [0.2, 0.25) is 0 Å². The molecule has 1 aromatic heterocycles. The maximum atomic E-state index is 11.1. The minimum Gasteiger partial charge on any atom is -0.345 e. The van der Waals surface area contributed by atoms with Crippen LogP contribution in [-0.2, 0) is 0 Å². The van der Waals surface area contributed by atoms with Gasteiger partial charge < -0.3 is 4.98 Å². The number of nitrogens with one attached hydrogen (secondary N) is 1. The van der Waals surface area contributed by atoms with Crippen molar-refractivity contribution in [1.29, 1.82) is 0 Å². The molecule has 0 radical (unpaired) electrons. The fourth-order valence-electron chi connectivity index (χ4n) is 2.72. The maximum absolute atomic E-state index is 11.1. The molecule has 2 aromatic carbocycles. The summed E-state index contributed by atoms with van der Waals surface area (Å²) in [6.07, 6.45) is 1.66. The summed E-state index contributed by atoms with van der Waals surface area (Å²) in [4.78, 5) is 18.5. The largest absolute Gasteiger partial charge is 0.345 e. The number of nitroso groups, excluding NO2 is 1. The van der Waals surface area contributed by atoms with Crippen LogP contribution in [0.5, 0.6) is 0 Å². The quantitative estimate of drug-likeness (QED) is 0.657. The topological polar surface area (TPSA) is 58.1 Å². The second-order valence-electron chi connectivity index (χ2n) is 4.45. The van der Waals surface area contributed by atoms with Crippen LogP contribution in [-0.4, -0.2) is 9.97 Å². The molecule has 0 bridgehead atoms. The van der Waals surface area contributed by atoms with Gasteiger partial charge in [-0.15, -0.1) is 4.91 Å². The van der Waals surface area contributed by atoms with Crippen molar-refractivity contribution in [3.8, 4) is 11.1 Å². The summed E-state index contributed by atoms with van der Waals surface area (Å²) in [7, 11) is 0. The number of fused-ring (bicyclic) bond motifs is 4. The SMILES string of the molecule is O=NC1c2ccccc2-c2cc3nc[nH]c3cc21. The standard InChI is InChI=1S/C14H9N3O/c18-17-14-9-4-2-1-3-8(9)10-5-12-13(6-11(10)14)16-7-15-12/h1-7,14H,(H,15,16). The van der Waals surface area contributed by atoms with Crippen LogP contribution in [0, 0.1) is 4.91 Å². The molecule has 0 saturated heterocycles. The number of hydrogen-bond acceptors (Lipinski definition) is 3. The summed E-state index contributed by atoms with van der Waals surface area (Å²) in [5, 5.41) is 3.28. The van der Waals surface area contributed by atoms with Crippen LogP contribution in [0.4, 0.5) is 0 Å². The first-order valence-electron chi connectivity index (χ1n) is 5.77. The molecule has 1 aliphatic rings. The minimum atomic E-state index is -0.399. The highest BCUT2D eigenvalue weighted by Gasteiger charge is 2.29. The van der Waals surface area contributed by atoms with Crippen molar-refractivity contribution < 1.29 is 0 Å². The van der Waals surface area contributed by atoms with E-state index in [4.69, 9.17) is 0 Å². The molecule has 4 heteroatoms. The zero-order valence-corrected chi connectivity index (χ0v) is 9.42. The molecular formula is C14H9N3O.